The van der Waals surface area contributed by atoms with Crippen LogP contribution < -0.4 is 32.3 Å². The van der Waals surface area contributed by atoms with Gasteiger partial charge < -0.3 is 37.1 Å². The lowest BCUT2D eigenvalue weighted by atomic mass is 9.97. The lowest BCUT2D eigenvalue weighted by Gasteiger charge is -2.27. The van der Waals surface area contributed by atoms with Gasteiger partial charge in [-0.2, -0.15) is 0 Å². The first-order chi connectivity index (χ1) is 24.9. The van der Waals surface area contributed by atoms with Gasteiger partial charge in [-0.15, -0.1) is 0 Å². The Morgan fingerprint density at radius 1 is 0.811 bits per heavy atom. The number of carbonyl (C=O) groups excluding carboxylic acids is 8. The second-order valence-electron chi connectivity index (χ2n) is 14.2. The minimum absolute atomic E-state index is 0.0616. The number of rotatable bonds is 21. The molecule has 1 aliphatic rings. The van der Waals surface area contributed by atoms with E-state index in [1.54, 1.807) is 65.8 Å². The number of unbranched alkanes of at least 4 members (excludes halogenated alkanes) is 2. The number of nitrogens with one attached hydrogen (secondary N) is 5. The minimum Gasteiger partial charge on any atom is -0.460 e. The summed E-state index contributed by atoms with van der Waals surface area (Å²) < 4.78 is 5.34. The molecule has 1 aromatic carbocycles. The number of nitrogens with two attached hydrogens (primary N) is 1. The molecule has 7 N–H and O–H groups in total. The van der Waals surface area contributed by atoms with Crippen molar-refractivity contribution in [3.63, 3.8) is 0 Å². The Labute approximate surface area is 310 Å². The van der Waals surface area contributed by atoms with Crippen molar-refractivity contribution in [1.29, 1.82) is 0 Å². The zero-order valence-electron chi connectivity index (χ0n) is 31.5. The summed E-state index contributed by atoms with van der Waals surface area (Å²) in [6.07, 6.45) is 4.88. The van der Waals surface area contributed by atoms with Crippen molar-refractivity contribution >= 4 is 53.1 Å². The van der Waals surface area contributed by atoms with Gasteiger partial charge in [-0.05, 0) is 76.5 Å². The third kappa shape index (κ3) is 15.5. The molecular formula is C37H55N7O9. The van der Waals surface area contributed by atoms with Crippen LogP contribution in [0.25, 0.3) is 0 Å². The van der Waals surface area contributed by atoms with Gasteiger partial charge in [-0.3, -0.25) is 38.5 Å². The summed E-state index contributed by atoms with van der Waals surface area (Å²) in [5.74, 6) is -3.51. The molecule has 0 saturated carbocycles. The standard InChI is InChI=1S/C37H55N7O9/c1-7-26(41-28(45)13-9-8-10-21-44-29(46)18-19-30(44)47)32(48)43-31(23(2)3)34(50)42-27(12-11-20-39-36(38)52)33(49)40-25-16-14-24(15-17-25)22-53-35(51)37(4,5)6/h14-19,23,26-27,31H,7-13,20-22H2,1-6H3,(H,40,49)(H,41,45)(H,42,50)(H,43,48)(H3,38,39,52)/t26-,27?,31?/m0/s1. The SMILES string of the molecule is CC[C@H](NC(=O)CCCCCN1C(=O)C=CC1=O)C(=O)NC(C(=O)NC(CCCNC(N)=O)C(=O)Nc1ccc(COC(=O)C(C)(C)C)cc1)C(C)C. The Morgan fingerprint density at radius 3 is 2.02 bits per heavy atom. The average molecular weight is 742 g/mol. The largest absolute Gasteiger partial charge is 0.460 e. The van der Waals surface area contributed by atoms with E-state index < -0.39 is 53.2 Å². The number of carbonyl (C=O) groups is 8. The van der Waals surface area contributed by atoms with Crippen LogP contribution in [0.5, 0.6) is 0 Å². The number of imide groups is 1. The summed E-state index contributed by atoms with van der Waals surface area (Å²) >= 11 is 0. The molecule has 1 heterocycles. The van der Waals surface area contributed by atoms with E-state index >= 15 is 0 Å². The molecular weight excluding hydrogens is 686 g/mol. The van der Waals surface area contributed by atoms with E-state index in [-0.39, 0.29) is 62.6 Å². The molecule has 53 heavy (non-hydrogen) atoms. The summed E-state index contributed by atoms with van der Waals surface area (Å²) in [7, 11) is 0. The quantitative estimate of drug-likeness (QED) is 0.0615. The molecule has 16 nitrogen and oxygen atoms in total. The fourth-order valence-electron chi connectivity index (χ4n) is 5.12. The number of anilines is 1. The first-order valence-corrected chi connectivity index (χ1v) is 18.0. The van der Waals surface area contributed by atoms with Gasteiger partial charge in [-0.1, -0.05) is 39.3 Å². The summed E-state index contributed by atoms with van der Waals surface area (Å²) in [5, 5.41) is 13.4. The number of hydrogen-bond donors (Lipinski definition) is 6. The predicted molar refractivity (Wildman–Crippen MR) is 196 cm³/mol. The number of urea groups is 1. The number of ether oxygens (including phenoxy) is 1. The van der Waals surface area contributed by atoms with Crippen LogP contribution in [-0.2, 0) is 44.9 Å². The molecule has 1 aliphatic heterocycles. The second-order valence-corrected chi connectivity index (χ2v) is 14.2. The Hall–Kier alpha value is -5.28. The van der Waals surface area contributed by atoms with Crippen molar-refractivity contribution in [2.75, 3.05) is 18.4 Å². The molecule has 2 rings (SSSR count). The smallest absolute Gasteiger partial charge is 0.312 e. The Balaban J connectivity index is 1.99. The fraction of sp³-hybridized carbons (Fsp3) is 0.568. The van der Waals surface area contributed by atoms with Crippen molar-refractivity contribution in [2.24, 2.45) is 17.1 Å². The second kappa shape index (κ2) is 21.3. The van der Waals surface area contributed by atoms with Crippen molar-refractivity contribution in [3.05, 3.63) is 42.0 Å². The van der Waals surface area contributed by atoms with Gasteiger partial charge in [0.15, 0.2) is 0 Å². The topological polar surface area (TPSA) is 235 Å². The molecule has 0 fully saturated rings. The zero-order chi connectivity index (χ0) is 39.7. The van der Waals surface area contributed by atoms with Gasteiger partial charge in [0.2, 0.25) is 23.6 Å². The van der Waals surface area contributed by atoms with Crippen LogP contribution in [0, 0.1) is 11.3 Å². The number of esters is 1. The fourth-order valence-corrected chi connectivity index (χ4v) is 5.12. The van der Waals surface area contributed by atoms with E-state index in [0.717, 1.165) is 4.90 Å². The number of benzene rings is 1. The molecule has 8 amide bonds. The highest BCUT2D eigenvalue weighted by molar-refractivity contribution is 6.12. The molecule has 2 unspecified atom stereocenters. The maximum atomic E-state index is 13.6. The lowest BCUT2D eigenvalue weighted by Crippen LogP contribution is -2.57. The van der Waals surface area contributed by atoms with Gasteiger partial charge in [0.05, 0.1) is 5.41 Å². The van der Waals surface area contributed by atoms with Crippen LogP contribution in [0.2, 0.25) is 0 Å². The zero-order valence-corrected chi connectivity index (χ0v) is 31.5. The summed E-state index contributed by atoms with van der Waals surface area (Å²) in [6, 6.07) is 2.93. The number of amides is 8. The normalized spacial score (nSPS) is 14.3. The average Bonchev–Trinajstić information content (AvgIpc) is 3.41. The maximum absolute atomic E-state index is 13.6. The highest BCUT2D eigenvalue weighted by Gasteiger charge is 2.31. The van der Waals surface area contributed by atoms with E-state index in [4.69, 9.17) is 10.5 Å². The summed E-state index contributed by atoms with van der Waals surface area (Å²) in [4.78, 5) is 101. The molecule has 0 spiro atoms. The Morgan fingerprint density at radius 2 is 1.45 bits per heavy atom. The predicted octanol–water partition coefficient (Wildman–Crippen LogP) is 2.17. The van der Waals surface area contributed by atoms with Crippen LogP contribution in [0.4, 0.5) is 10.5 Å². The van der Waals surface area contributed by atoms with Gasteiger partial charge in [-0.25, -0.2) is 4.79 Å². The molecule has 1 aromatic rings. The monoisotopic (exact) mass is 741 g/mol. The van der Waals surface area contributed by atoms with E-state index in [2.05, 4.69) is 26.6 Å². The Kier molecular flexibility index (Phi) is 17.6. The first-order valence-electron chi connectivity index (χ1n) is 18.0. The summed E-state index contributed by atoms with van der Waals surface area (Å²) in [5.41, 5.74) is 5.65. The summed E-state index contributed by atoms with van der Waals surface area (Å²) in [6.45, 7) is 10.9. The van der Waals surface area contributed by atoms with Crippen LogP contribution in [0.15, 0.2) is 36.4 Å². The van der Waals surface area contributed by atoms with Gasteiger partial charge in [0.1, 0.15) is 24.7 Å². The molecule has 16 heteroatoms. The van der Waals surface area contributed by atoms with Gasteiger partial charge in [0, 0.05) is 37.3 Å². The highest BCUT2D eigenvalue weighted by Crippen LogP contribution is 2.18. The van der Waals surface area contributed by atoms with Gasteiger partial charge in [0.25, 0.3) is 11.8 Å². The van der Waals surface area contributed by atoms with Crippen LogP contribution in [0.3, 0.4) is 0 Å². The van der Waals surface area contributed by atoms with Crippen molar-refractivity contribution in [1.82, 2.24) is 26.2 Å². The number of primary amides is 1. The third-order valence-electron chi connectivity index (χ3n) is 8.30. The van der Waals surface area contributed by atoms with Crippen molar-refractivity contribution in [2.45, 2.75) is 111 Å². The molecule has 292 valence electrons. The van der Waals surface area contributed by atoms with Gasteiger partial charge >= 0.3 is 12.0 Å². The number of hydrogen-bond acceptors (Lipinski definition) is 9. The maximum Gasteiger partial charge on any atom is 0.312 e. The van der Waals surface area contributed by atoms with Crippen LogP contribution >= 0.6 is 0 Å². The minimum atomic E-state index is -1.05. The molecule has 0 saturated heterocycles. The van der Waals surface area contributed by atoms with E-state index in [1.807, 2.05) is 0 Å². The molecule has 0 radical (unpaired) electrons. The molecule has 0 aromatic heterocycles. The first kappa shape index (κ1) is 43.9. The van der Waals surface area contributed by atoms with Crippen LogP contribution in [0.1, 0.15) is 92.1 Å². The molecule has 0 bridgehead atoms. The lowest BCUT2D eigenvalue weighted by molar-refractivity contribution is -0.154. The van der Waals surface area contributed by atoms with Crippen molar-refractivity contribution < 1.29 is 43.1 Å². The van der Waals surface area contributed by atoms with E-state index in [0.29, 0.717) is 36.9 Å². The van der Waals surface area contributed by atoms with E-state index in [9.17, 15) is 38.4 Å². The molecule has 0 aliphatic carbocycles. The van der Waals surface area contributed by atoms with Crippen LogP contribution in [-0.4, -0.2) is 83.6 Å². The third-order valence-corrected chi connectivity index (χ3v) is 8.30. The Bertz CT molecular complexity index is 1480. The van der Waals surface area contributed by atoms with Crippen molar-refractivity contribution in [3.8, 4) is 0 Å². The number of nitrogens with zero attached hydrogens (tertiary/aromatic N) is 1. The highest BCUT2D eigenvalue weighted by atomic mass is 16.5. The van der Waals surface area contributed by atoms with E-state index in [1.165, 1.54) is 12.2 Å². The molecule has 3 atom stereocenters.